The first-order valence-electron chi connectivity index (χ1n) is 6.62. The van der Waals surface area contributed by atoms with Crippen LogP contribution in [0.1, 0.15) is 39.5 Å². The van der Waals surface area contributed by atoms with Gasteiger partial charge in [-0.3, -0.25) is 0 Å². The molecular weight excluding hydrogens is 232 g/mol. The number of nitrogens with one attached hydrogen (secondary N) is 1. The molecule has 0 aromatic carbocycles. The van der Waals surface area contributed by atoms with E-state index in [1.54, 1.807) is 12.2 Å². The molecule has 0 radical (unpaired) electrons. The van der Waals surface area contributed by atoms with Gasteiger partial charge in [0.15, 0.2) is 0 Å². The van der Waals surface area contributed by atoms with E-state index in [1.807, 2.05) is 26.0 Å². The Bertz CT molecular complexity index is 340. The van der Waals surface area contributed by atoms with E-state index < -0.39 is 11.5 Å². The molecule has 0 heterocycles. The monoisotopic (exact) mass is 255 g/mol. The van der Waals surface area contributed by atoms with Crippen LogP contribution in [-0.4, -0.2) is 18.0 Å². The number of alkyl halides is 2. The highest BCUT2D eigenvalue weighted by Gasteiger charge is 2.55. The van der Waals surface area contributed by atoms with Crippen molar-refractivity contribution in [2.75, 3.05) is 6.54 Å². The SMILES string of the molecule is C=C(/C=C\C=C/C)[C@@]1(NCC)CCCCC1(F)F. The zero-order valence-electron chi connectivity index (χ0n) is 11.3. The van der Waals surface area contributed by atoms with Gasteiger partial charge < -0.3 is 5.32 Å². The number of likely N-dealkylation sites (N-methyl/N-ethyl adjacent to an activating group) is 1. The van der Waals surface area contributed by atoms with Crippen molar-refractivity contribution in [2.24, 2.45) is 0 Å². The van der Waals surface area contributed by atoms with Crippen molar-refractivity contribution in [2.45, 2.75) is 51.0 Å². The number of allylic oxidation sites excluding steroid dienone is 3. The summed E-state index contributed by atoms with van der Waals surface area (Å²) in [6.45, 7) is 8.14. The molecule has 1 aliphatic carbocycles. The Hall–Kier alpha value is -0.960. The molecule has 0 unspecified atom stereocenters. The predicted octanol–water partition coefficient (Wildman–Crippen LogP) is 4.23. The molecular formula is C15H23F2N. The first-order chi connectivity index (χ1) is 8.50. The van der Waals surface area contributed by atoms with Crippen molar-refractivity contribution in [3.8, 4) is 0 Å². The summed E-state index contributed by atoms with van der Waals surface area (Å²) < 4.78 is 28.6. The van der Waals surface area contributed by atoms with Crippen LogP contribution in [0.3, 0.4) is 0 Å². The first kappa shape index (κ1) is 15.1. The predicted molar refractivity (Wildman–Crippen MR) is 72.9 cm³/mol. The molecule has 18 heavy (non-hydrogen) atoms. The summed E-state index contributed by atoms with van der Waals surface area (Å²) in [6.07, 6.45) is 8.96. The van der Waals surface area contributed by atoms with Gasteiger partial charge in [0, 0.05) is 6.42 Å². The van der Waals surface area contributed by atoms with Crippen molar-refractivity contribution in [3.05, 3.63) is 36.5 Å². The van der Waals surface area contributed by atoms with Crippen molar-refractivity contribution in [3.63, 3.8) is 0 Å². The second kappa shape index (κ2) is 6.28. The lowest BCUT2D eigenvalue weighted by molar-refractivity contribution is -0.0995. The molecule has 0 saturated heterocycles. The molecule has 102 valence electrons. The van der Waals surface area contributed by atoms with E-state index >= 15 is 0 Å². The summed E-state index contributed by atoms with van der Waals surface area (Å²) in [5.41, 5.74) is -0.787. The molecule has 0 aromatic rings. The first-order valence-corrected chi connectivity index (χ1v) is 6.62. The minimum Gasteiger partial charge on any atom is -0.303 e. The van der Waals surface area contributed by atoms with Gasteiger partial charge >= 0.3 is 0 Å². The molecule has 3 heteroatoms. The van der Waals surface area contributed by atoms with Gasteiger partial charge in [-0.2, -0.15) is 0 Å². The van der Waals surface area contributed by atoms with Crippen LogP contribution in [0.25, 0.3) is 0 Å². The van der Waals surface area contributed by atoms with Crippen LogP contribution < -0.4 is 5.32 Å². The molecule has 0 aromatic heterocycles. The highest BCUT2D eigenvalue weighted by atomic mass is 19.3. The molecule has 0 spiro atoms. The van der Waals surface area contributed by atoms with Gasteiger partial charge in [-0.1, -0.05) is 44.2 Å². The fourth-order valence-corrected chi connectivity index (χ4v) is 2.59. The third kappa shape index (κ3) is 2.89. The van der Waals surface area contributed by atoms with Crippen LogP contribution in [-0.2, 0) is 0 Å². The normalized spacial score (nSPS) is 28.0. The molecule has 1 saturated carbocycles. The van der Waals surface area contributed by atoms with E-state index in [9.17, 15) is 8.78 Å². The van der Waals surface area contributed by atoms with Gasteiger partial charge in [0.05, 0.1) is 0 Å². The third-order valence-electron chi connectivity index (χ3n) is 3.54. The van der Waals surface area contributed by atoms with Gasteiger partial charge in [-0.15, -0.1) is 0 Å². The standard InChI is InChI=1S/C15H23F2N/c1-4-6-7-10-13(3)14(18-5-2)11-8-9-12-15(14,16)17/h4,6-7,10,18H,3,5,8-9,11-12H2,1-2H3/b6-4-,10-7-/t14-/m0/s1. The summed E-state index contributed by atoms with van der Waals surface area (Å²) in [5.74, 6) is -2.72. The number of hydrogen-bond acceptors (Lipinski definition) is 1. The second-order valence-corrected chi connectivity index (χ2v) is 4.76. The second-order valence-electron chi connectivity index (χ2n) is 4.76. The Morgan fingerprint density at radius 3 is 2.50 bits per heavy atom. The molecule has 0 aliphatic heterocycles. The minimum absolute atomic E-state index is 0.0591. The van der Waals surface area contributed by atoms with Gasteiger partial charge in [0.25, 0.3) is 5.92 Å². The van der Waals surface area contributed by atoms with E-state index in [0.29, 0.717) is 25.0 Å². The van der Waals surface area contributed by atoms with Crippen LogP contribution in [0.5, 0.6) is 0 Å². The lowest BCUT2D eigenvalue weighted by Gasteiger charge is -2.45. The van der Waals surface area contributed by atoms with E-state index in [1.165, 1.54) is 0 Å². The summed E-state index contributed by atoms with van der Waals surface area (Å²) in [6, 6.07) is 0. The van der Waals surface area contributed by atoms with Crippen molar-refractivity contribution in [1.29, 1.82) is 0 Å². The zero-order chi connectivity index (χ0) is 13.6. The molecule has 1 rings (SSSR count). The smallest absolute Gasteiger partial charge is 0.270 e. The van der Waals surface area contributed by atoms with E-state index in [-0.39, 0.29) is 6.42 Å². The average Bonchev–Trinajstić information content (AvgIpc) is 2.32. The lowest BCUT2D eigenvalue weighted by Crippen LogP contribution is -2.61. The van der Waals surface area contributed by atoms with Crippen LogP contribution in [0.4, 0.5) is 8.78 Å². The maximum Gasteiger partial charge on any atom is 0.270 e. The highest BCUT2D eigenvalue weighted by Crippen LogP contribution is 2.45. The summed E-state index contributed by atoms with van der Waals surface area (Å²) in [5, 5.41) is 2.99. The third-order valence-corrected chi connectivity index (χ3v) is 3.54. The van der Waals surface area contributed by atoms with Crippen molar-refractivity contribution < 1.29 is 8.78 Å². The van der Waals surface area contributed by atoms with Crippen LogP contribution in [0.2, 0.25) is 0 Å². The average molecular weight is 255 g/mol. The molecule has 1 atom stereocenters. The quantitative estimate of drug-likeness (QED) is 0.725. The number of halogens is 2. The largest absolute Gasteiger partial charge is 0.303 e. The Morgan fingerprint density at radius 2 is 1.94 bits per heavy atom. The van der Waals surface area contributed by atoms with Crippen molar-refractivity contribution >= 4 is 0 Å². The van der Waals surface area contributed by atoms with Gasteiger partial charge in [0.1, 0.15) is 5.54 Å². The van der Waals surface area contributed by atoms with Gasteiger partial charge in [-0.05, 0) is 31.9 Å². The Balaban J connectivity index is 3.01. The van der Waals surface area contributed by atoms with Crippen LogP contribution >= 0.6 is 0 Å². The summed E-state index contributed by atoms with van der Waals surface area (Å²) in [4.78, 5) is 0. The summed E-state index contributed by atoms with van der Waals surface area (Å²) in [7, 11) is 0. The number of hydrogen-bond donors (Lipinski definition) is 1. The minimum atomic E-state index is -2.72. The maximum absolute atomic E-state index is 14.3. The fraction of sp³-hybridized carbons (Fsp3) is 0.600. The Kier molecular flexibility index (Phi) is 5.27. The van der Waals surface area contributed by atoms with E-state index in [4.69, 9.17) is 0 Å². The highest BCUT2D eigenvalue weighted by molar-refractivity contribution is 5.34. The zero-order valence-corrected chi connectivity index (χ0v) is 11.3. The molecule has 1 fully saturated rings. The molecule has 1 N–H and O–H groups in total. The Labute approximate surface area is 109 Å². The summed E-state index contributed by atoms with van der Waals surface area (Å²) >= 11 is 0. The topological polar surface area (TPSA) is 12.0 Å². The van der Waals surface area contributed by atoms with Gasteiger partial charge in [-0.25, -0.2) is 8.78 Å². The van der Waals surface area contributed by atoms with Gasteiger partial charge in [0.2, 0.25) is 0 Å². The van der Waals surface area contributed by atoms with Crippen LogP contribution in [0.15, 0.2) is 36.5 Å². The van der Waals surface area contributed by atoms with Crippen LogP contribution in [0, 0.1) is 0 Å². The fourth-order valence-electron chi connectivity index (χ4n) is 2.59. The van der Waals surface area contributed by atoms with E-state index in [2.05, 4.69) is 11.9 Å². The van der Waals surface area contributed by atoms with Crippen molar-refractivity contribution in [1.82, 2.24) is 5.32 Å². The molecule has 1 aliphatic rings. The van der Waals surface area contributed by atoms with E-state index in [0.717, 1.165) is 6.42 Å². The maximum atomic E-state index is 14.3. The Morgan fingerprint density at radius 1 is 1.28 bits per heavy atom. The number of rotatable bonds is 5. The molecule has 0 bridgehead atoms. The molecule has 0 amide bonds. The lowest BCUT2D eigenvalue weighted by atomic mass is 9.73. The molecule has 1 nitrogen and oxygen atoms in total.